The number of anilines is 1. The van der Waals surface area contributed by atoms with Crippen LogP contribution in [-0.2, 0) is 4.79 Å². The van der Waals surface area contributed by atoms with Gasteiger partial charge >= 0.3 is 0 Å². The molecule has 0 unspecified atom stereocenters. The van der Waals surface area contributed by atoms with E-state index in [1.54, 1.807) is 18.2 Å². The van der Waals surface area contributed by atoms with Crippen LogP contribution in [0.2, 0.25) is 0 Å². The Balaban J connectivity index is 2.53. The summed E-state index contributed by atoms with van der Waals surface area (Å²) in [7, 11) is 0. The number of aliphatic hydroxyl groups is 1. The zero-order valence-corrected chi connectivity index (χ0v) is 12.3. The van der Waals surface area contributed by atoms with Crippen LogP contribution in [0.3, 0.4) is 0 Å². The smallest absolute Gasteiger partial charge is 0.292 e. The van der Waals surface area contributed by atoms with E-state index in [4.69, 9.17) is 0 Å². The number of carbonyl (C=O) groups excluding carboxylic acids is 1. The fourth-order valence-electron chi connectivity index (χ4n) is 1.78. The molecule has 21 heavy (non-hydrogen) atoms. The van der Waals surface area contributed by atoms with E-state index in [0.29, 0.717) is 18.5 Å². The molecule has 1 aromatic rings. The van der Waals surface area contributed by atoms with Gasteiger partial charge in [0, 0.05) is 12.6 Å². The number of nitro benzene ring substituents is 1. The standard InChI is InChI=1S/C14H21N3O4/c1-3-14(19,4-2)10-16-13(18)9-15-11-7-5-6-8-12(11)17(20)21/h5-8,15,19H,3-4,9-10H2,1-2H3,(H,16,18). The first-order chi connectivity index (χ1) is 9.91. The third kappa shape index (κ3) is 5.03. The molecule has 116 valence electrons. The number of benzene rings is 1. The Labute approximate surface area is 123 Å². The first kappa shape index (κ1) is 16.9. The van der Waals surface area contributed by atoms with E-state index in [-0.39, 0.29) is 24.7 Å². The molecule has 0 saturated heterocycles. The second kappa shape index (κ2) is 7.58. The van der Waals surface area contributed by atoms with Gasteiger partial charge in [0.1, 0.15) is 5.69 Å². The van der Waals surface area contributed by atoms with Crippen LogP contribution < -0.4 is 10.6 Å². The SMILES string of the molecule is CCC(O)(CC)CNC(=O)CNc1ccccc1[N+](=O)[O-]. The van der Waals surface area contributed by atoms with Gasteiger partial charge in [-0.15, -0.1) is 0 Å². The van der Waals surface area contributed by atoms with E-state index in [9.17, 15) is 20.0 Å². The molecule has 0 aromatic heterocycles. The quantitative estimate of drug-likeness (QED) is 0.500. The van der Waals surface area contributed by atoms with Crippen LogP contribution >= 0.6 is 0 Å². The Bertz CT molecular complexity index is 501. The molecule has 0 aliphatic heterocycles. The Kier molecular flexibility index (Phi) is 6.10. The van der Waals surface area contributed by atoms with Gasteiger partial charge in [0.25, 0.3) is 5.69 Å². The van der Waals surface area contributed by atoms with Gasteiger partial charge in [0.15, 0.2) is 0 Å². The summed E-state index contributed by atoms with van der Waals surface area (Å²) in [5.74, 6) is -0.325. The molecule has 1 amide bonds. The summed E-state index contributed by atoms with van der Waals surface area (Å²) in [6.45, 7) is 3.77. The normalized spacial score (nSPS) is 11.0. The van der Waals surface area contributed by atoms with Crippen LogP contribution in [-0.4, -0.2) is 34.6 Å². The molecule has 0 bridgehead atoms. The molecular weight excluding hydrogens is 274 g/mol. The molecule has 0 atom stereocenters. The van der Waals surface area contributed by atoms with Gasteiger partial charge in [-0.25, -0.2) is 0 Å². The molecule has 0 aliphatic carbocycles. The van der Waals surface area contributed by atoms with Crippen LogP contribution in [0.15, 0.2) is 24.3 Å². The van der Waals surface area contributed by atoms with Crippen molar-refractivity contribution < 1.29 is 14.8 Å². The molecule has 0 heterocycles. The maximum atomic E-state index is 11.7. The number of nitrogens with one attached hydrogen (secondary N) is 2. The Hall–Kier alpha value is -2.15. The zero-order valence-electron chi connectivity index (χ0n) is 12.3. The predicted octanol–water partition coefficient (Wildman–Crippen LogP) is 1.67. The van der Waals surface area contributed by atoms with Crippen LogP contribution in [0.4, 0.5) is 11.4 Å². The summed E-state index contributed by atoms with van der Waals surface area (Å²) in [5.41, 5.74) is -0.697. The minimum absolute atomic E-state index is 0.0797. The Morgan fingerprint density at radius 3 is 2.52 bits per heavy atom. The fraction of sp³-hybridized carbons (Fsp3) is 0.500. The van der Waals surface area contributed by atoms with Gasteiger partial charge in [-0.05, 0) is 18.9 Å². The lowest BCUT2D eigenvalue weighted by molar-refractivity contribution is -0.383. The summed E-state index contributed by atoms with van der Waals surface area (Å²) in [6, 6.07) is 6.12. The summed E-state index contributed by atoms with van der Waals surface area (Å²) in [5, 5.41) is 26.2. The third-order valence-corrected chi connectivity index (χ3v) is 3.47. The monoisotopic (exact) mass is 295 g/mol. The summed E-state index contributed by atoms with van der Waals surface area (Å²) >= 11 is 0. The molecule has 1 aromatic carbocycles. The van der Waals surface area contributed by atoms with Crippen molar-refractivity contribution in [3.8, 4) is 0 Å². The molecular formula is C14H21N3O4. The van der Waals surface area contributed by atoms with Crippen LogP contribution in [0.1, 0.15) is 26.7 Å². The van der Waals surface area contributed by atoms with Crippen molar-refractivity contribution in [1.29, 1.82) is 0 Å². The predicted molar refractivity (Wildman–Crippen MR) is 80.1 cm³/mol. The van der Waals surface area contributed by atoms with Crippen LogP contribution in [0.25, 0.3) is 0 Å². The topological polar surface area (TPSA) is 104 Å². The Morgan fingerprint density at radius 1 is 1.33 bits per heavy atom. The number of hydrogen-bond donors (Lipinski definition) is 3. The first-order valence-electron chi connectivity index (χ1n) is 6.88. The molecule has 0 saturated carbocycles. The highest BCUT2D eigenvalue weighted by atomic mass is 16.6. The van der Waals surface area contributed by atoms with E-state index >= 15 is 0 Å². The van der Waals surface area contributed by atoms with Crippen molar-refractivity contribution in [2.75, 3.05) is 18.4 Å². The second-order valence-electron chi connectivity index (χ2n) is 4.84. The van der Waals surface area contributed by atoms with Crippen molar-refractivity contribution in [2.45, 2.75) is 32.3 Å². The highest BCUT2D eigenvalue weighted by molar-refractivity contribution is 5.81. The molecule has 0 fully saturated rings. The van der Waals surface area contributed by atoms with Gasteiger partial charge in [-0.1, -0.05) is 26.0 Å². The lowest BCUT2D eigenvalue weighted by atomic mass is 9.98. The minimum Gasteiger partial charge on any atom is -0.388 e. The first-order valence-corrected chi connectivity index (χ1v) is 6.88. The van der Waals surface area contributed by atoms with Crippen LogP contribution in [0.5, 0.6) is 0 Å². The van der Waals surface area contributed by atoms with Gasteiger partial charge in [0.05, 0.1) is 17.1 Å². The maximum absolute atomic E-state index is 11.7. The lowest BCUT2D eigenvalue weighted by Crippen LogP contribution is -2.43. The molecule has 0 aliphatic rings. The average molecular weight is 295 g/mol. The molecule has 7 nitrogen and oxygen atoms in total. The van der Waals surface area contributed by atoms with Crippen molar-refractivity contribution in [3.63, 3.8) is 0 Å². The minimum atomic E-state index is -0.908. The lowest BCUT2D eigenvalue weighted by Gasteiger charge is -2.25. The molecule has 3 N–H and O–H groups in total. The molecule has 7 heteroatoms. The third-order valence-electron chi connectivity index (χ3n) is 3.47. The molecule has 0 radical (unpaired) electrons. The van der Waals surface area contributed by atoms with Crippen LogP contribution in [0, 0.1) is 10.1 Å². The van der Waals surface area contributed by atoms with Gasteiger partial charge in [-0.2, -0.15) is 0 Å². The van der Waals surface area contributed by atoms with E-state index in [1.807, 2.05) is 13.8 Å². The van der Waals surface area contributed by atoms with E-state index in [0.717, 1.165) is 0 Å². The van der Waals surface area contributed by atoms with E-state index in [1.165, 1.54) is 6.07 Å². The van der Waals surface area contributed by atoms with Crippen molar-refractivity contribution in [1.82, 2.24) is 5.32 Å². The average Bonchev–Trinajstić information content (AvgIpc) is 2.50. The Morgan fingerprint density at radius 2 is 1.95 bits per heavy atom. The van der Waals surface area contributed by atoms with Crippen molar-refractivity contribution in [3.05, 3.63) is 34.4 Å². The second-order valence-corrected chi connectivity index (χ2v) is 4.84. The zero-order chi connectivity index (χ0) is 15.9. The number of hydrogen-bond acceptors (Lipinski definition) is 5. The van der Waals surface area contributed by atoms with Crippen molar-refractivity contribution >= 4 is 17.3 Å². The number of carbonyl (C=O) groups is 1. The highest BCUT2D eigenvalue weighted by Crippen LogP contribution is 2.22. The number of nitrogens with zero attached hydrogens (tertiary/aromatic N) is 1. The summed E-state index contributed by atoms with van der Waals surface area (Å²) in [6.07, 6.45) is 1.09. The van der Waals surface area contributed by atoms with Gasteiger partial charge < -0.3 is 15.7 Å². The number of amides is 1. The maximum Gasteiger partial charge on any atom is 0.292 e. The van der Waals surface area contributed by atoms with Crippen molar-refractivity contribution in [2.24, 2.45) is 0 Å². The highest BCUT2D eigenvalue weighted by Gasteiger charge is 2.22. The van der Waals surface area contributed by atoms with Gasteiger partial charge in [-0.3, -0.25) is 14.9 Å². The molecule has 1 rings (SSSR count). The van der Waals surface area contributed by atoms with E-state index < -0.39 is 10.5 Å². The largest absolute Gasteiger partial charge is 0.388 e. The number of rotatable bonds is 8. The van der Waals surface area contributed by atoms with Gasteiger partial charge in [0.2, 0.25) is 5.91 Å². The number of para-hydroxylation sites is 2. The van der Waals surface area contributed by atoms with E-state index in [2.05, 4.69) is 10.6 Å². The fourth-order valence-corrected chi connectivity index (χ4v) is 1.78. The summed E-state index contributed by atoms with van der Waals surface area (Å²) < 4.78 is 0. The number of nitro groups is 1. The molecule has 0 spiro atoms. The summed E-state index contributed by atoms with van der Waals surface area (Å²) in [4.78, 5) is 22.0.